The van der Waals surface area contributed by atoms with Crippen molar-refractivity contribution in [3.05, 3.63) is 65.0 Å². The molecule has 0 fully saturated rings. The number of nitrogens with zero attached hydrogens (tertiary/aromatic N) is 2. The maximum Gasteiger partial charge on any atom is 0.244 e. The van der Waals surface area contributed by atoms with Crippen LogP contribution >= 0.6 is 0 Å². The number of carbonyl (C=O) groups excluding carboxylic acids is 2. The monoisotopic (exact) mass is 491 g/mol. The summed E-state index contributed by atoms with van der Waals surface area (Å²) >= 11 is 0. The van der Waals surface area contributed by atoms with Gasteiger partial charge in [-0.3, -0.25) is 13.9 Å². The second-order valence-corrected chi connectivity index (χ2v) is 10.9. The van der Waals surface area contributed by atoms with Crippen LogP contribution in [0.4, 0.5) is 10.1 Å². The fraction of sp³-hybridized carbons (Fsp3) is 0.440. The molecule has 0 bridgehead atoms. The summed E-state index contributed by atoms with van der Waals surface area (Å²) in [6.45, 7) is 8.77. The van der Waals surface area contributed by atoms with Crippen LogP contribution < -0.4 is 9.62 Å². The van der Waals surface area contributed by atoms with Gasteiger partial charge in [0, 0.05) is 18.7 Å². The molecule has 2 amide bonds. The number of benzene rings is 2. The molecule has 9 heteroatoms. The first kappa shape index (κ1) is 27.3. The van der Waals surface area contributed by atoms with E-state index in [9.17, 15) is 22.4 Å². The van der Waals surface area contributed by atoms with Gasteiger partial charge in [0.1, 0.15) is 18.4 Å². The van der Waals surface area contributed by atoms with Gasteiger partial charge in [-0.05, 0) is 49.9 Å². The van der Waals surface area contributed by atoms with Gasteiger partial charge in [-0.1, -0.05) is 44.2 Å². The van der Waals surface area contributed by atoms with Crippen LogP contribution in [0, 0.1) is 25.6 Å². The Kier molecular flexibility index (Phi) is 9.21. The lowest BCUT2D eigenvalue weighted by Gasteiger charge is -2.32. The highest BCUT2D eigenvalue weighted by Crippen LogP contribution is 2.24. The van der Waals surface area contributed by atoms with Crippen molar-refractivity contribution in [2.45, 2.75) is 47.2 Å². The van der Waals surface area contributed by atoms with E-state index >= 15 is 0 Å². The van der Waals surface area contributed by atoms with Crippen LogP contribution in [0.3, 0.4) is 0 Å². The topological polar surface area (TPSA) is 86.8 Å². The summed E-state index contributed by atoms with van der Waals surface area (Å²) in [7, 11) is -3.82. The Morgan fingerprint density at radius 3 is 2.29 bits per heavy atom. The highest BCUT2D eigenvalue weighted by molar-refractivity contribution is 7.92. The first-order valence-corrected chi connectivity index (χ1v) is 13.0. The highest BCUT2D eigenvalue weighted by Gasteiger charge is 2.31. The summed E-state index contributed by atoms with van der Waals surface area (Å²) in [4.78, 5) is 27.5. The summed E-state index contributed by atoms with van der Waals surface area (Å²) in [5.41, 5.74) is 2.15. The Hall–Kier alpha value is -2.94. The van der Waals surface area contributed by atoms with Crippen molar-refractivity contribution in [2.24, 2.45) is 5.92 Å². The van der Waals surface area contributed by atoms with Gasteiger partial charge in [-0.2, -0.15) is 0 Å². The molecule has 34 heavy (non-hydrogen) atoms. The van der Waals surface area contributed by atoms with Gasteiger partial charge in [-0.25, -0.2) is 12.8 Å². The molecular weight excluding hydrogens is 457 g/mol. The van der Waals surface area contributed by atoms with Crippen molar-refractivity contribution in [3.63, 3.8) is 0 Å². The maximum atomic E-state index is 14.4. The molecule has 2 aromatic carbocycles. The number of amides is 2. The molecule has 1 atom stereocenters. The van der Waals surface area contributed by atoms with E-state index in [1.165, 1.54) is 23.1 Å². The van der Waals surface area contributed by atoms with Gasteiger partial charge < -0.3 is 10.2 Å². The van der Waals surface area contributed by atoms with E-state index in [4.69, 9.17) is 0 Å². The van der Waals surface area contributed by atoms with Gasteiger partial charge in [0.25, 0.3) is 0 Å². The molecule has 7 nitrogen and oxygen atoms in total. The molecule has 2 rings (SSSR count). The van der Waals surface area contributed by atoms with Crippen molar-refractivity contribution in [1.29, 1.82) is 0 Å². The first-order chi connectivity index (χ1) is 15.8. The van der Waals surface area contributed by atoms with Gasteiger partial charge in [0.15, 0.2) is 0 Å². The van der Waals surface area contributed by atoms with E-state index in [1.807, 2.05) is 26.8 Å². The van der Waals surface area contributed by atoms with Crippen molar-refractivity contribution in [2.75, 3.05) is 23.7 Å². The second kappa shape index (κ2) is 11.5. The maximum absolute atomic E-state index is 14.4. The Morgan fingerprint density at radius 1 is 1.06 bits per heavy atom. The van der Waals surface area contributed by atoms with Gasteiger partial charge in [0.2, 0.25) is 21.8 Å². The molecule has 0 aliphatic carbocycles. The van der Waals surface area contributed by atoms with Gasteiger partial charge >= 0.3 is 0 Å². The zero-order valence-electron chi connectivity index (χ0n) is 20.6. The highest BCUT2D eigenvalue weighted by atomic mass is 32.2. The number of anilines is 1. The van der Waals surface area contributed by atoms with E-state index in [0.717, 1.165) is 16.1 Å². The fourth-order valence-corrected chi connectivity index (χ4v) is 4.33. The SMILES string of the molecule is Cc1ccc(C)c(N(CC(=O)N(Cc2ccccc2F)C(C)C(=O)NCC(C)C)S(C)(=O)=O)c1. The average Bonchev–Trinajstić information content (AvgIpc) is 2.75. The van der Waals surface area contributed by atoms with Gasteiger partial charge in [-0.15, -0.1) is 0 Å². The Balaban J connectivity index is 2.43. The Bertz CT molecular complexity index is 1130. The van der Waals surface area contributed by atoms with Crippen molar-refractivity contribution < 1.29 is 22.4 Å². The summed E-state index contributed by atoms with van der Waals surface area (Å²) in [6, 6.07) is 10.4. The van der Waals surface area contributed by atoms with Crippen LogP contribution in [-0.2, 0) is 26.2 Å². The van der Waals surface area contributed by atoms with E-state index in [0.29, 0.717) is 17.8 Å². The Labute approximate surface area is 202 Å². The molecule has 1 N–H and O–H groups in total. The minimum Gasteiger partial charge on any atom is -0.354 e. The van der Waals surface area contributed by atoms with Crippen LogP contribution in [0.5, 0.6) is 0 Å². The number of carbonyl (C=O) groups is 2. The smallest absolute Gasteiger partial charge is 0.244 e. The van der Waals surface area contributed by atoms with Crippen LogP contribution in [0.15, 0.2) is 42.5 Å². The van der Waals surface area contributed by atoms with Crippen molar-refractivity contribution in [1.82, 2.24) is 10.2 Å². The number of nitrogens with one attached hydrogen (secondary N) is 1. The summed E-state index contributed by atoms with van der Waals surface area (Å²) in [5.74, 6) is -1.31. The van der Waals surface area contributed by atoms with E-state index in [1.54, 1.807) is 32.0 Å². The number of sulfonamides is 1. The fourth-order valence-electron chi connectivity index (χ4n) is 3.43. The lowest BCUT2D eigenvalue weighted by molar-refractivity contribution is -0.139. The van der Waals surface area contributed by atoms with Crippen LogP contribution in [0.2, 0.25) is 0 Å². The van der Waals surface area contributed by atoms with E-state index < -0.39 is 40.2 Å². The molecule has 0 radical (unpaired) electrons. The molecule has 0 saturated heterocycles. The molecule has 0 heterocycles. The summed E-state index contributed by atoms with van der Waals surface area (Å²) in [5, 5.41) is 2.79. The lowest BCUT2D eigenvalue weighted by atomic mass is 10.1. The molecule has 186 valence electrons. The van der Waals surface area contributed by atoms with E-state index in [2.05, 4.69) is 5.32 Å². The quantitative estimate of drug-likeness (QED) is 0.552. The molecule has 0 aromatic heterocycles. The number of hydrogen-bond donors (Lipinski definition) is 1. The molecule has 0 saturated carbocycles. The second-order valence-electron chi connectivity index (χ2n) is 8.99. The predicted molar refractivity (Wildman–Crippen MR) is 132 cm³/mol. The van der Waals surface area contributed by atoms with Crippen molar-refractivity contribution in [3.8, 4) is 0 Å². The first-order valence-electron chi connectivity index (χ1n) is 11.2. The minimum atomic E-state index is -3.82. The zero-order valence-corrected chi connectivity index (χ0v) is 21.4. The van der Waals surface area contributed by atoms with Crippen molar-refractivity contribution >= 4 is 27.5 Å². The van der Waals surface area contributed by atoms with Crippen LogP contribution in [0.25, 0.3) is 0 Å². The number of halogens is 1. The molecule has 0 aliphatic heterocycles. The summed E-state index contributed by atoms with van der Waals surface area (Å²) in [6.07, 6.45) is 1.03. The molecule has 0 aliphatic rings. The van der Waals surface area contributed by atoms with Crippen LogP contribution in [-0.4, -0.2) is 50.5 Å². The zero-order chi connectivity index (χ0) is 25.6. The predicted octanol–water partition coefficient (Wildman–Crippen LogP) is 3.40. The third kappa shape index (κ3) is 7.28. The van der Waals surface area contributed by atoms with E-state index in [-0.39, 0.29) is 18.0 Å². The summed E-state index contributed by atoms with van der Waals surface area (Å²) < 4.78 is 40.8. The number of rotatable bonds is 10. The molecule has 1 unspecified atom stereocenters. The molecule has 0 spiro atoms. The minimum absolute atomic E-state index is 0.174. The van der Waals surface area contributed by atoms with Gasteiger partial charge in [0.05, 0.1) is 11.9 Å². The largest absolute Gasteiger partial charge is 0.354 e. The third-order valence-electron chi connectivity index (χ3n) is 5.46. The normalized spacial score (nSPS) is 12.4. The number of hydrogen-bond acceptors (Lipinski definition) is 4. The Morgan fingerprint density at radius 2 is 1.71 bits per heavy atom. The molecule has 2 aromatic rings. The number of aryl methyl sites for hydroxylation is 2. The van der Waals surface area contributed by atoms with Crippen LogP contribution in [0.1, 0.15) is 37.5 Å². The standard InChI is InChI=1S/C25H34FN3O4S/c1-17(2)14-27-25(31)20(5)28(15-21-9-7-8-10-22(21)26)24(30)16-29(34(6,32)33)23-13-18(3)11-12-19(23)4/h7-13,17,20H,14-16H2,1-6H3,(H,27,31). The molecular formula is C25H34FN3O4S. The lowest BCUT2D eigenvalue weighted by Crippen LogP contribution is -2.51. The third-order valence-corrected chi connectivity index (χ3v) is 6.59. The average molecular weight is 492 g/mol.